The van der Waals surface area contributed by atoms with Crippen molar-refractivity contribution in [2.75, 3.05) is 19.6 Å². The highest BCUT2D eigenvalue weighted by Crippen LogP contribution is 2.28. The summed E-state index contributed by atoms with van der Waals surface area (Å²) < 4.78 is 0. The van der Waals surface area contributed by atoms with E-state index < -0.39 is 6.04 Å². The molecule has 1 fully saturated rings. The smallest absolute Gasteiger partial charge is 0.237 e. The summed E-state index contributed by atoms with van der Waals surface area (Å²) in [6.07, 6.45) is 2.73. The first-order chi connectivity index (χ1) is 14.1. The Bertz CT molecular complexity index is 876. The molecule has 1 aliphatic carbocycles. The van der Waals surface area contributed by atoms with Crippen molar-refractivity contribution in [3.8, 4) is 0 Å². The van der Waals surface area contributed by atoms with E-state index in [1.165, 1.54) is 11.1 Å². The summed E-state index contributed by atoms with van der Waals surface area (Å²) in [5, 5.41) is 6.58. The van der Waals surface area contributed by atoms with E-state index in [2.05, 4.69) is 39.8 Å². The number of rotatable bonds is 6. The molecule has 5 nitrogen and oxygen atoms in total. The Morgan fingerprint density at radius 2 is 1.79 bits per heavy atom. The van der Waals surface area contributed by atoms with Gasteiger partial charge in [-0.15, -0.1) is 0 Å². The number of benzene rings is 2. The zero-order valence-corrected chi connectivity index (χ0v) is 17.1. The summed E-state index contributed by atoms with van der Waals surface area (Å²) in [5.41, 5.74) is 3.72. The van der Waals surface area contributed by atoms with Crippen LogP contribution in [0.5, 0.6) is 0 Å². The van der Waals surface area contributed by atoms with E-state index in [9.17, 15) is 9.59 Å². The Labute approximate surface area is 176 Å². The van der Waals surface area contributed by atoms with Crippen LogP contribution in [0.25, 0.3) is 0 Å². The minimum atomic E-state index is -0.414. The van der Waals surface area contributed by atoms with E-state index in [1.54, 1.807) is 0 Å². The largest absolute Gasteiger partial charge is 0.356 e. The Kier molecular flexibility index (Phi) is 6.16. The van der Waals surface area contributed by atoms with Gasteiger partial charge in [0.1, 0.15) is 0 Å². The third-order valence-corrected chi connectivity index (χ3v) is 6.29. The highest BCUT2D eigenvalue weighted by molar-refractivity contribution is 6.31. The highest BCUT2D eigenvalue weighted by Gasteiger charge is 2.37. The average Bonchev–Trinajstić information content (AvgIpc) is 3.15. The molecule has 2 N–H and O–H groups in total. The molecule has 2 aromatic rings. The van der Waals surface area contributed by atoms with Crippen LogP contribution in [0.3, 0.4) is 0 Å². The van der Waals surface area contributed by atoms with Crippen molar-refractivity contribution in [3.63, 3.8) is 0 Å². The van der Waals surface area contributed by atoms with E-state index in [-0.39, 0.29) is 24.3 Å². The normalized spacial score (nSPS) is 19.6. The maximum absolute atomic E-state index is 12.6. The molecule has 0 saturated carbocycles. The summed E-state index contributed by atoms with van der Waals surface area (Å²) in [7, 11) is 0. The van der Waals surface area contributed by atoms with Crippen LogP contribution < -0.4 is 10.6 Å². The van der Waals surface area contributed by atoms with Crippen LogP contribution in [0.2, 0.25) is 5.02 Å². The van der Waals surface area contributed by atoms with E-state index in [4.69, 9.17) is 11.6 Å². The number of halogens is 1. The van der Waals surface area contributed by atoms with Gasteiger partial charge in [0.2, 0.25) is 11.8 Å². The van der Waals surface area contributed by atoms with E-state index >= 15 is 0 Å². The predicted molar refractivity (Wildman–Crippen MR) is 114 cm³/mol. The number of carbonyl (C=O) groups excluding carboxylic acids is 2. The van der Waals surface area contributed by atoms with Crippen molar-refractivity contribution in [1.82, 2.24) is 15.5 Å². The Balaban J connectivity index is 1.35. The maximum atomic E-state index is 12.6. The number of hydrogen-bond acceptors (Lipinski definition) is 3. The second-order valence-electron chi connectivity index (χ2n) is 7.77. The summed E-state index contributed by atoms with van der Waals surface area (Å²) in [6, 6.07) is 16.0. The molecule has 29 heavy (non-hydrogen) atoms. The molecule has 0 bridgehead atoms. The molecule has 2 aromatic carbocycles. The van der Waals surface area contributed by atoms with Crippen molar-refractivity contribution in [3.05, 3.63) is 70.2 Å². The van der Waals surface area contributed by atoms with Crippen LogP contribution in [-0.4, -0.2) is 48.4 Å². The number of amides is 2. The maximum Gasteiger partial charge on any atom is 0.237 e. The van der Waals surface area contributed by atoms with Crippen LogP contribution in [0, 0.1) is 0 Å². The van der Waals surface area contributed by atoms with Gasteiger partial charge in [0.15, 0.2) is 0 Å². The molecule has 6 heteroatoms. The van der Waals surface area contributed by atoms with E-state index in [0.29, 0.717) is 24.5 Å². The van der Waals surface area contributed by atoms with Crippen molar-refractivity contribution >= 4 is 23.4 Å². The summed E-state index contributed by atoms with van der Waals surface area (Å²) >= 11 is 6.17. The Hall–Kier alpha value is -2.37. The zero-order valence-electron chi connectivity index (χ0n) is 16.4. The van der Waals surface area contributed by atoms with Crippen LogP contribution in [0.4, 0.5) is 0 Å². The summed E-state index contributed by atoms with van der Waals surface area (Å²) in [4.78, 5) is 27.3. The zero-order chi connectivity index (χ0) is 20.2. The van der Waals surface area contributed by atoms with E-state index in [1.807, 2.05) is 24.3 Å². The Morgan fingerprint density at radius 1 is 1.10 bits per heavy atom. The predicted octanol–water partition coefficient (Wildman–Crippen LogP) is 2.36. The number of piperazine rings is 1. The first kappa shape index (κ1) is 19.9. The van der Waals surface area contributed by atoms with Gasteiger partial charge in [-0.25, -0.2) is 0 Å². The Morgan fingerprint density at radius 3 is 2.52 bits per heavy atom. The standard InChI is InChI=1S/C23H26ClN3O2/c24-20-8-4-3-5-16(20)9-10-25-22(28)15-21-23(29)26-11-12-27(21)19-13-17-6-1-2-7-18(17)14-19/h1-8,19,21H,9-15H2,(H,25,28)(H,26,29). The second-order valence-corrected chi connectivity index (χ2v) is 8.18. The lowest BCUT2D eigenvalue weighted by Crippen LogP contribution is -2.59. The SMILES string of the molecule is O=C(CC1C(=O)NCCN1C1Cc2ccccc2C1)NCCc1ccccc1Cl. The molecule has 1 aliphatic heterocycles. The molecule has 4 rings (SSSR count). The number of nitrogens with one attached hydrogen (secondary N) is 2. The fraction of sp³-hybridized carbons (Fsp3) is 0.391. The molecule has 0 radical (unpaired) electrons. The molecule has 1 heterocycles. The molecule has 0 spiro atoms. The van der Waals surface area contributed by atoms with Crippen molar-refractivity contribution in [2.24, 2.45) is 0 Å². The van der Waals surface area contributed by atoms with Gasteiger partial charge in [-0.1, -0.05) is 54.1 Å². The van der Waals surface area contributed by atoms with E-state index in [0.717, 1.165) is 24.9 Å². The van der Waals surface area contributed by atoms with Crippen LogP contribution in [0.1, 0.15) is 23.1 Å². The minimum absolute atomic E-state index is 0.0477. The van der Waals surface area contributed by atoms with Crippen molar-refractivity contribution in [1.29, 1.82) is 0 Å². The van der Waals surface area contributed by atoms with Gasteiger partial charge in [-0.05, 0) is 42.0 Å². The van der Waals surface area contributed by atoms with Gasteiger partial charge in [0.05, 0.1) is 12.5 Å². The van der Waals surface area contributed by atoms with Crippen LogP contribution in [0.15, 0.2) is 48.5 Å². The molecule has 1 atom stereocenters. The lowest BCUT2D eigenvalue weighted by atomic mass is 10.0. The molecule has 2 aliphatic rings. The van der Waals surface area contributed by atoms with Crippen molar-refractivity contribution < 1.29 is 9.59 Å². The first-order valence-electron chi connectivity index (χ1n) is 10.2. The van der Waals surface area contributed by atoms with Gasteiger partial charge in [0, 0.05) is 30.7 Å². The molecular formula is C23H26ClN3O2. The molecule has 1 saturated heterocycles. The number of hydrogen-bond donors (Lipinski definition) is 2. The van der Waals surface area contributed by atoms with Gasteiger partial charge in [-0.2, -0.15) is 0 Å². The number of nitrogens with zero attached hydrogens (tertiary/aromatic N) is 1. The van der Waals surface area contributed by atoms with Gasteiger partial charge >= 0.3 is 0 Å². The lowest BCUT2D eigenvalue weighted by Gasteiger charge is -2.38. The van der Waals surface area contributed by atoms with Crippen LogP contribution in [-0.2, 0) is 28.9 Å². The molecule has 152 valence electrons. The minimum Gasteiger partial charge on any atom is -0.356 e. The van der Waals surface area contributed by atoms with Crippen LogP contribution >= 0.6 is 11.6 Å². The van der Waals surface area contributed by atoms with Gasteiger partial charge in [-0.3, -0.25) is 14.5 Å². The highest BCUT2D eigenvalue weighted by atomic mass is 35.5. The fourth-order valence-corrected chi connectivity index (χ4v) is 4.67. The number of fused-ring (bicyclic) bond motifs is 1. The van der Waals surface area contributed by atoms with Crippen molar-refractivity contribution in [2.45, 2.75) is 37.8 Å². The van der Waals surface area contributed by atoms with Gasteiger partial charge in [0.25, 0.3) is 0 Å². The first-order valence-corrected chi connectivity index (χ1v) is 10.6. The quantitative estimate of drug-likeness (QED) is 0.767. The molecular weight excluding hydrogens is 386 g/mol. The molecule has 0 aromatic heterocycles. The summed E-state index contributed by atoms with van der Waals surface area (Å²) in [5.74, 6) is -0.145. The second kappa shape index (κ2) is 8.97. The topological polar surface area (TPSA) is 61.4 Å². The fourth-order valence-electron chi connectivity index (χ4n) is 4.44. The van der Waals surface area contributed by atoms with Gasteiger partial charge < -0.3 is 10.6 Å². The summed E-state index contributed by atoms with van der Waals surface area (Å²) in [6.45, 7) is 1.92. The monoisotopic (exact) mass is 411 g/mol. The average molecular weight is 412 g/mol. The number of carbonyl (C=O) groups is 2. The molecule has 2 amide bonds. The molecule has 1 unspecified atom stereocenters. The third kappa shape index (κ3) is 4.62. The third-order valence-electron chi connectivity index (χ3n) is 5.92. The lowest BCUT2D eigenvalue weighted by molar-refractivity contribution is -0.135.